The second-order valence-electron chi connectivity index (χ2n) is 5.36. The molecule has 0 aliphatic carbocycles. The lowest BCUT2D eigenvalue weighted by molar-refractivity contribution is -0.114. The first-order valence-electron chi connectivity index (χ1n) is 7.56. The zero-order valence-electron chi connectivity index (χ0n) is 13.4. The molecule has 0 unspecified atom stereocenters. The maximum atomic E-state index is 12.4. The highest BCUT2D eigenvalue weighted by atomic mass is 35.5. The fourth-order valence-corrected chi connectivity index (χ4v) is 2.57. The second-order valence-corrected chi connectivity index (χ2v) is 5.77. The first-order valence-corrected chi connectivity index (χ1v) is 7.94. The zero-order valence-corrected chi connectivity index (χ0v) is 14.1. The summed E-state index contributed by atoms with van der Waals surface area (Å²) in [5, 5.41) is 5.94. The minimum absolute atomic E-state index is 0.167. The maximum Gasteiger partial charge on any atom is 0.291 e. The van der Waals surface area contributed by atoms with Crippen molar-refractivity contribution in [3.63, 3.8) is 0 Å². The molecule has 3 rings (SSSR count). The van der Waals surface area contributed by atoms with E-state index in [0.717, 1.165) is 5.56 Å². The molecule has 0 spiro atoms. The van der Waals surface area contributed by atoms with Crippen LogP contribution in [0.4, 0.5) is 11.4 Å². The fourth-order valence-electron chi connectivity index (χ4n) is 2.34. The van der Waals surface area contributed by atoms with Crippen LogP contribution in [-0.4, -0.2) is 11.8 Å². The van der Waals surface area contributed by atoms with Crippen LogP contribution in [0.25, 0.3) is 11.3 Å². The van der Waals surface area contributed by atoms with Gasteiger partial charge in [0, 0.05) is 23.9 Å². The molecule has 1 heterocycles. The van der Waals surface area contributed by atoms with Gasteiger partial charge < -0.3 is 15.1 Å². The van der Waals surface area contributed by atoms with E-state index in [0.29, 0.717) is 22.2 Å². The Morgan fingerprint density at radius 3 is 2.36 bits per heavy atom. The summed E-state index contributed by atoms with van der Waals surface area (Å²) in [5.74, 6) is 0.111. The lowest BCUT2D eigenvalue weighted by Crippen LogP contribution is -2.11. The molecule has 6 heteroatoms. The van der Waals surface area contributed by atoms with Gasteiger partial charge in [-0.2, -0.15) is 0 Å². The van der Waals surface area contributed by atoms with E-state index in [-0.39, 0.29) is 11.7 Å². The van der Waals surface area contributed by atoms with Gasteiger partial charge in [-0.3, -0.25) is 9.59 Å². The topological polar surface area (TPSA) is 71.3 Å². The van der Waals surface area contributed by atoms with Crippen LogP contribution in [0.3, 0.4) is 0 Å². The van der Waals surface area contributed by atoms with Gasteiger partial charge in [0.15, 0.2) is 5.76 Å². The molecular formula is C19H15ClN2O3. The predicted octanol–water partition coefficient (Wildman–Crippen LogP) is 4.81. The molecular weight excluding hydrogens is 340 g/mol. The molecule has 2 N–H and O–H groups in total. The molecule has 1 aromatic heterocycles. The quantitative estimate of drug-likeness (QED) is 0.706. The Morgan fingerprint density at radius 2 is 1.64 bits per heavy atom. The smallest absolute Gasteiger partial charge is 0.291 e. The van der Waals surface area contributed by atoms with Gasteiger partial charge in [-0.25, -0.2) is 0 Å². The van der Waals surface area contributed by atoms with Crippen molar-refractivity contribution >= 4 is 34.8 Å². The average Bonchev–Trinajstić information content (AvgIpc) is 3.05. The summed E-state index contributed by atoms with van der Waals surface area (Å²) in [7, 11) is 0. The zero-order chi connectivity index (χ0) is 17.8. The van der Waals surface area contributed by atoms with Crippen molar-refractivity contribution in [2.75, 3.05) is 10.6 Å². The van der Waals surface area contributed by atoms with Crippen molar-refractivity contribution in [3.05, 3.63) is 71.4 Å². The number of carbonyl (C=O) groups is 2. The lowest BCUT2D eigenvalue weighted by atomic mass is 10.2. The summed E-state index contributed by atoms with van der Waals surface area (Å²) in [6.07, 6.45) is 0. The Morgan fingerprint density at radius 1 is 0.920 bits per heavy atom. The van der Waals surface area contributed by atoms with Crippen LogP contribution in [0.15, 0.2) is 65.1 Å². The normalized spacial score (nSPS) is 10.3. The summed E-state index contributed by atoms with van der Waals surface area (Å²) in [6, 6.07) is 17.4. The number of hydrogen-bond acceptors (Lipinski definition) is 3. The molecule has 0 saturated heterocycles. The minimum atomic E-state index is -0.390. The summed E-state index contributed by atoms with van der Waals surface area (Å²) in [6.45, 7) is 1.42. The molecule has 2 amide bonds. The first-order chi connectivity index (χ1) is 12.0. The van der Waals surface area contributed by atoms with Crippen molar-refractivity contribution < 1.29 is 14.0 Å². The standard InChI is InChI=1S/C19H15ClN2O3/c1-12(23)21-13-5-4-6-14(11-13)22-19(24)18-10-9-17(25-18)15-7-2-3-8-16(15)20/h2-11H,1H3,(H,21,23)(H,22,24). The third kappa shape index (κ3) is 4.08. The van der Waals surface area contributed by atoms with E-state index < -0.39 is 5.91 Å². The van der Waals surface area contributed by atoms with Crippen LogP contribution >= 0.6 is 11.6 Å². The Balaban J connectivity index is 1.76. The molecule has 3 aromatic rings. The molecule has 0 fully saturated rings. The SMILES string of the molecule is CC(=O)Nc1cccc(NC(=O)c2ccc(-c3ccccc3Cl)o2)c1. The monoisotopic (exact) mass is 354 g/mol. The molecule has 0 aliphatic heterocycles. The summed E-state index contributed by atoms with van der Waals surface area (Å²) in [4.78, 5) is 23.5. The van der Waals surface area contributed by atoms with Crippen molar-refractivity contribution in [1.82, 2.24) is 0 Å². The lowest BCUT2D eigenvalue weighted by Gasteiger charge is -2.06. The van der Waals surface area contributed by atoms with Crippen LogP contribution in [0.5, 0.6) is 0 Å². The highest BCUT2D eigenvalue weighted by Gasteiger charge is 2.14. The molecule has 126 valence electrons. The van der Waals surface area contributed by atoms with Crippen LogP contribution < -0.4 is 10.6 Å². The number of rotatable bonds is 4. The number of furan rings is 1. The second kappa shape index (κ2) is 7.23. The van der Waals surface area contributed by atoms with Gasteiger partial charge in [0.1, 0.15) is 5.76 Å². The number of anilines is 2. The largest absolute Gasteiger partial charge is 0.451 e. The van der Waals surface area contributed by atoms with Gasteiger partial charge in [0.25, 0.3) is 5.91 Å². The van der Waals surface area contributed by atoms with E-state index >= 15 is 0 Å². The van der Waals surface area contributed by atoms with E-state index in [2.05, 4.69) is 10.6 Å². The molecule has 5 nitrogen and oxygen atoms in total. The van der Waals surface area contributed by atoms with Crippen LogP contribution in [0, 0.1) is 0 Å². The van der Waals surface area contributed by atoms with Crippen molar-refractivity contribution in [1.29, 1.82) is 0 Å². The molecule has 0 aliphatic rings. The van der Waals surface area contributed by atoms with Crippen molar-refractivity contribution in [3.8, 4) is 11.3 Å². The summed E-state index contributed by atoms with van der Waals surface area (Å²) in [5.41, 5.74) is 1.87. The van der Waals surface area contributed by atoms with Gasteiger partial charge in [-0.1, -0.05) is 29.8 Å². The first kappa shape index (κ1) is 16.8. The molecule has 25 heavy (non-hydrogen) atoms. The van der Waals surface area contributed by atoms with E-state index in [1.54, 1.807) is 42.5 Å². The molecule has 0 bridgehead atoms. The van der Waals surface area contributed by atoms with Gasteiger partial charge in [0.2, 0.25) is 5.91 Å². The Kier molecular flexibility index (Phi) is 4.86. The van der Waals surface area contributed by atoms with Gasteiger partial charge in [-0.05, 0) is 42.5 Å². The Hall–Kier alpha value is -3.05. The molecule has 0 atom stereocenters. The highest BCUT2D eigenvalue weighted by Crippen LogP contribution is 2.29. The third-order valence-electron chi connectivity index (χ3n) is 3.41. The van der Waals surface area contributed by atoms with Crippen LogP contribution in [0.2, 0.25) is 5.02 Å². The number of halogens is 1. The van der Waals surface area contributed by atoms with Gasteiger partial charge in [0.05, 0.1) is 5.02 Å². The molecule has 0 saturated carbocycles. The minimum Gasteiger partial charge on any atom is -0.451 e. The number of nitrogens with one attached hydrogen (secondary N) is 2. The van der Waals surface area contributed by atoms with Crippen molar-refractivity contribution in [2.45, 2.75) is 6.92 Å². The fraction of sp³-hybridized carbons (Fsp3) is 0.0526. The van der Waals surface area contributed by atoms with E-state index in [4.69, 9.17) is 16.0 Å². The summed E-state index contributed by atoms with van der Waals surface area (Å²) >= 11 is 6.14. The van der Waals surface area contributed by atoms with E-state index in [1.807, 2.05) is 18.2 Å². The van der Waals surface area contributed by atoms with E-state index in [9.17, 15) is 9.59 Å². The highest BCUT2D eigenvalue weighted by molar-refractivity contribution is 6.33. The Bertz CT molecular complexity index is 934. The average molecular weight is 355 g/mol. The number of carbonyl (C=O) groups excluding carboxylic acids is 2. The summed E-state index contributed by atoms with van der Waals surface area (Å²) < 4.78 is 5.61. The molecule has 0 radical (unpaired) electrons. The van der Waals surface area contributed by atoms with Gasteiger partial charge in [-0.15, -0.1) is 0 Å². The number of hydrogen-bond donors (Lipinski definition) is 2. The molecule has 2 aromatic carbocycles. The third-order valence-corrected chi connectivity index (χ3v) is 3.74. The van der Waals surface area contributed by atoms with E-state index in [1.165, 1.54) is 6.92 Å². The Labute approximate surface area is 149 Å². The van der Waals surface area contributed by atoms with Crippen LogP contribution in [-0.2, 0) is 4.79 Å². The maximum absolute atomic E-state index is 12.4. The number of benzene rings is 2. The van der Waals surface area contributed by atoms with Crippen LogP contribution in [0.1, 0.15) is 17.5 Å². The predicted molar refractivity (Wildman–Crippen MR) is 97.9 cm³/mol. The van der Waals surface area contributed by atoms with Gasteiger partial charge >= 0.3 is 0 Å². The van der Waals surface area contributed by atoms with Crippen molar-refractivity contribution in [2.24, 2.45) is 0 Å². The number of amides is 2.